The number of benzene rings is 5. The molecule has 3 heterocycles. The SMILES string of the molecule is c1ccc(N(c2ccccc2)c2cccc(-n3c4cccnc4c4ccc5sc6ccccc6c5c43)c2)cc1. The minimum atomic E-state index is 1.03. The van der Waals surface area contributed by atoms with E-state index in [0.29, 0.717) is 0 Å². The van der Waals surface area contributed by atoms with Gasteiger partial charge in [-0.15, -0.1) is 11.3 Å². The lowest BCUT2D eigenvalue weighted by Gasteiger charge is -2.26. The van der Waals surface area contributed by atoms with E-state index in [1.54, 1.807) is 0 Å². The highest BCUT2D eigenvalue weighted by molar-refractivity contribution is 7.26. The summed E-state index contributed by atoms with van der Waals surface area (Å²) in [5.41, 5.74) is 7.80. The monoisotopic (exact) mass is 517 g/mol. The molecule has 184 valence electrons. The number of nitrogens with zero attached hydrogens (tertiary/aromatic N) is 3. The number of para-hydroxylation sites is 2. The Balaban J connectivity index is 1.45. The van der Waals surface area contributed by atoms with E-state index in [1.807, 2.05) is 23.6 Å². The Morgan fingerprint density at radius 3 is 2.08 bits per heavy atom. The number of hydrogen-bond acceptors (Lipinski definition) is 3. The number of aromatic nitrogens is 2. The van der Waals surface area contributed by atoms with Crippen LogP contribution in [0.1, 0.15) is 0 Å². The first kappa shape index (κ1) is 22.1. The van der Waals surface area contributed by atoms with Crippen LogP contribution in [0.25, 0.3) is 47.8 Å². The molecule has 8 aromatic rings. The van der Waals surface area contributed by atoms with Gasteiger partial charge in [0, 0.05) is 54.5 Å². The number of pyridine rings is 1. The minimum Gasteiger partial charge on any atom is -0.310 e. The molecular formula is C35H23N3S. The lowest BCUT2D eigenvalue weighted by Crippen LogP contribution is -2.10. The number of hydrogen-bond donors (Lipinski definition) is 0. The first-order valence-corrected chi connectivity index (χ1v) is 13.9. The van der Waals surface area contributed by atoms with Gasteiger partial charge in [-0.05, 0) is 72.8 Å². The quantitative estimate of drug-likeness (QED) is 0.232. The van der Waals surface area contributed by atoms with Crippen LogP contribution in [0.2, 0.25) is 0 Å². The van der Waals surface area contributed by atoms with Crippen LogP contribution in [0.5, 0.6) is 0 Å². The van der Waals surface area contributed by atoms with Crippen molar-refractivity contribution in [2.75, 3.05) is 4.90 Å². The predicted octanol–water partition coefficient (Wildman–Crippen LogP) is 10.0. The fourth-order valence-electron chi connectivity index (χ4n) is 5.77. The molecule has 0 aliphatic rings. The highest BCUT2D eigenvalue weighted by Gasteiger charge is 2.20. The largest absolute Gasteiger partial charge is 0.310 e. The molecule has 0 radical (unpaired) electrons. The Bertz CT molecular complexity index is 2090. The van der Waals surface area contributed by atoms with Gasteiger partial charge >= 0.3 is 0 Å². The van der Waals surface area contributed by atoms with E-state index in [1.165, 1.54) is 31.1 Å². The van der Waals surface area contributed by atoms with Crippen LogP contribution >= 0.6 is 11.3 Å². The Labute approximate surface area is 229 Å². The Morgan fingerprint density at radius 1 is 0.564 bits per heavy atom. The van der Waals surface area contributed by atoms with E-state index in [9.17, 15) is 0 Å². The van der Waals surface area contributed by atoms with Crippen molar-refractivity contribution >= 4 is 70.5 Å². The zero-order valence-electron chi connectivity index (χ0n) is 21.0. The van der Waals surface area contributed by atoms with Crippen molar-refractivity contribution in [1.29, 1.82) is 0 Å². The van der Waals surface area contributed by atoms with Crippen molar-refractivity contribution in [3.63, 3.8) is 0 Å². The van der Waals surface area contributed by atoms with Crippen LogP contribution in [0.4, 0.5) is 17.1 Å². The average molecular weight is 518 g/mol. The molecule has 4 heteroatoms. The highest BCUT2D eigenvalue weighted by Crippen LogP contribution is 2.43. The Morgan fingerprint density at radius 2 is 1.28 bits per heavy atom. The first-order chi connectivity index (χ1) is 19.4. The highest BCUT2D eigenvalue weighted by atomic mass is 32.1. The topological polar surface area (TPSA) is 21.1 Å². The third-order valence-corrected chi connectivity index (χ3v) is 8.53. The first-order valence-electron chi connectivity index (χ1n) is 13.1. The van der Waals surface area contributed by atoms with Gasteiger partial charge in [0.15, 0.2) is 0 Å². The van der Waals surface area contributed by atoms with Crippen LogP contribution in [-0.2, 0) is 0 Å². The molecule has 5 aromatic carbocycles. The van der Waals surface area contributed by atoms with Gasteiger partial charge < -0.3 is 9.47 Å². The van der Waals surface area contributed by atoms with Crippen molar-refractivity contribution in [2.24, 2.45) is 0 Å². The van der Waals surface area contributed by atoms with Crippen molar-refractivity contribution < 1.29 is 0 Å². The van der Waals surface area contributed by atoms with Gasteiger partial charge in [-0.2, -0.15) is 0 Å². The van der Waals surface area contributed by atoms with E-state index >= 15 is 0 Å². The van der Waals surface area contributed by atoms with E-state index in [4.69, 9.17) is 4.98 Å². The van der Waals surface area contributed by atoms with Gasteiger partial charge in [0.25, 0.3) is 0 Å². The second kappa shape index (κ2) is 8.83. The van der Waals surface area contributed by atoms with Gasteiger partial charge in [-0.1, -0.05) is 60.7 Å². The predicted molar refractivity (Wildman–Crippen MR) is 166 cm³/mol. The van der Waals surface area contributed by atoms with E-state index in [-0.39, 0.29) is 0 Å². The maximum Gasteiger partial charge on any atom is 0.0963 e. The molecule has 39 heavy (non-hydrogen) atoms. The molecule has 3 aromatic heterocycles. The average Bonchev–Trinajstić information content (AvgIpc) is 3.54. The Hall–Kier alpha value is -4.93. The summed E-state index contributed by atoms with van der Waals surface area (Å²) in [6.07, 6.45) is 1.89. The van der Waals surface area contributed by atoms with Crippen LogP contribution in [-0.4, -0.2) is 9.55 Å². The molecule has 0 N–H and O–H groups in total. The number of anilines is 3. The third kappa shape index (κ3) is 3.46. The van der Waals surface area contributed by atoms with Crippen LogP contribution < -0.4 is 4.90 Å². The normalized spacial score (nSPS) is 11.6. The summed E-state index contributed by atoms with van der Waals surface area (Å²) in [6.45, 7) is 0. The molecule has 8 rings (SSSR count). The van der Waals surface area contributed by atoms with Crippen LogP contribution in [0, 0.1) is 0 Å². The molecule has 0 atom stereocenters. The zero-order valence-corrected chi connectivity index (χ0v) is 21.8. The molecule has 3 nitrogen and oxygen atoms in total. The summed E-state index contributed by atoms with van der Waals surface area (Å²) in [7, 11) is 0. The van der Waals surface area contributed by atoms with Crippen molar-refractivity contribution in [1.82, 2.24) is 9.55 Å². The fraction of sp³-hybridized carbons (Fsp3) is 0. The summed E-state index contributed by atoms with van der Waals surface area (Å²) in [4.78, 5) is 7.16. The summed E-state index contributed by atoms with van der Waals surface area (Å²) in [6, 6.07) is 47.4. The smallest absolute Gasteiger partial charge is 0.0963 e. The van der Waals surface area contributed by atoms with Crippen LogP contribution in [0.15, 0.2) is 140 Å². The molecule has 0 spiro atoms. The Kier molecular flexibility index (Phi) is 5.00. The van der Waals surface area contributed by atoms with Crippen LogP contribution in [0.3, 0.4) is 0 Å². The molecule has 0 saturated carbocycles. The van der Waals surface area contributed by atoms with Gasteiger partial charge in [0.1, 0.15) is 0 Å². The number of rotatable bonds is 4. The molecule has 0 fully saturated rings. The van der Waals surface area contributed by atoms with E-state index in [0.717, 1.165) is 33.8 Å². The van der Waals surface area contributed by atoms with Gasteiger partial charge in [0.05, 0.1) is 16.6 Å². The fourth-order valence-corrected chi connectivity index (χ4v) is 6.88. The zero-order chi connectivity index (χ0) is 25.8. The summed E-state index contributed by atoms with van der Waals surface area (Å²) >= 11 is 1.85. The second-order valence-electron chi connectivity index (χ2n) is 9.67. The lowest BCUT2D eigenvalue weighted by atomic mass is 10.1. The molecule has 0 aliphatic heterocycles. The van der Waals surface area contributed by atoms with Gasteiger partial charge in [0.2, 0.25) is 0 Å². The van der Waals surface area contributed by atoms with Gasteiger partial charge in [-0.25, -0.2) is 0 Å². The molecule has 0 amide bonds. The minimum absolute atomic E-state index is 1.03. The third-order valence-electron chi connectivity index (χ3n) is 7.40. The second-order valence-corrected chi connectivity index (χ2v) is 10.7. The lowest BCUT2D eigenvalue weighted by molar-refractivity contribution is 1.17. The van der Waals surface area contributed by atoms with E-state index < -0.39 is 0 Å². The molecule has 0 saturated heterocycles. The number of thiophene rings is 1. The van der Waals surface area contributed by atoms with Gasteiger partial charge in [-0.3, -0.25) is 4.98 Å². The molecule has 0 bridgehead atoms. The summed E-state index contributed by atoms with van der Waals surface area (Å²) in [5.74, 6) is 0. The molecular weight excluding hydrogens is 494 g/mol. The van der Waals surface area contributed by atoms with Crippen molar-refractivity contribution in [3.05, 3.63) is 140 Å². The molecule has 0 unspecified atom stereocenters. The number of fused-ring (bicyclic) bond motifs is 7. The summed E-state index contributed by atoms with van der Waals surface area (Å²) in [5, 5.41) is 3.76. The summed E-state index contributed by atoms with van der Waals surface area (Å²) < 4.78 is 4.99. The maximum atomic E-state index is 4.85. The van der Waals surface area contributed by atoms with E-state index in [2.05, 4.69) is 137 Å². The standard InChI is InChI=1S/C35H23N3S/c1-3-11-24(12-4-1)37(25-13-5-2-6-14-25)26-15-9-16-27(23-26)38-30-18-10-22-36-34(30)29-20-21-32-33(35(29)38)28-17-7-8-19-31(28)39-32/h1-23H. The molecule has 0 aliphatic carbocycles. The van der Waals surface area contributed by atoms with Crippen molar-refractivity contribution in [3.8, 4) is 5.69 Å². The van der Waals surface area contributed by atoms with Crippen molar-refractivity contribution in [2.45, 2.75) is 0 Å². The maximum absolute atomic E-state index is 4.85.